The van der Waals surface area contributed by atoms with Crippen LogP contribution in [-0.2, 0) is 11.3 Å². The summed E-state index contributed by atoms with van der Waals surface area (Å²) in [5.41, 5.74) is 1.69. The third-order valence-electron chi connectivity index (χ3n) is 2.83. The van der Waals surface area contributed by atoms with E-state index in [2.05, 4.69) is 34.7 Å². The lowest BCUT2D eigenvalue weighted by Crippen LogP contribution is -2.16. The molecule has 1 aromatic heterocycles. The molecule has 2 aromatic rings. The van der Waals surface area contributed by atoms with Gasteiger partial charge in [0, 0.05) is 17.3 Å². The van der Waals surface area contributed by atoms with Crippen molar-refractivity contribution in [1.29, 1.82) is 0 Å². The second-order valence-electron chi connectivity index (χ2n) is 5.33. The summed E-state index contributed by atoms with van der Waals surface area (Å²) in [4.78, 5) is 12.0. The second kappa shape index (κ2) is 7.60. The van der Waals surface area contributed by atoms with E-state index in [0.29, 0.717) is 16.1 Å². The van der Waals surface area contributed by atoms with Crippen LogP contribution in [0.1, 0.15) is 19.4 Å². The van der Waals surface area contributed by atoms with Gasteiger partial charge in [0.15, 0.2) is 0 Å². The third kappa shape index (κ3) is 4.71. The van der Waals surface area contributed by atoms with E-state index in [1.165, 1.54) is 11.8 Å². The van der Waals surface area contributed by atoms with E-state index in [0.717, 1.165) is 17.8 Å². The van der Waals surface area contributed by atoms with E-state index in [4.69, 9.17) is 11.6 Å². The van der Waals surface area contributed by atoms with Gasteiger partial charge in [0.25, 0.3) is 0 Å². The molecule has 0 aliphatic rings. The number of carbonyl (C=O) groups excluding carboxylic acids is 1. The van der Waals surface area contributed by atoms with Gasteiger partial charge >= 0.3 is 0 Å². The van der Waals surface area contributed by atoms with Crippen LogP contribution in [0, 0.1) is 12.8 Å². The molecule has 118 valence electrons. The molecule has 0 radical (unpaired) electrons. The van der Waals surface area contributed by atoms with E-state index in [1.807, 2.05) is 13.0 Å². The lowest BCUT2D eigenvalue weighted by Gasteiger charge is -2.09. The van der Waals surface area contributed by atoms with Crippen molar-refractivity contribution in [1.82, 2.24) is 20.2 Å². The zero-order chi connectivity index (χ0) is 16.1. The molecular weight excluding hydrogens is 322 g/mol. The first-order valence-electron chi connectivity index (χ1n) is 6.90. The van der Waals surface area contributed by atoms with Crippen LogP contribution in [0.15, 0.2) is 23.4 Å². The second-order valence-corrected chi connectivity index (χ2v) is 6.71. The van der Waals surface area contributed by atoms with Crippen molar-refractivity contribution in [2.45, 2.75) is 32.5 Å². The number of halogens is 1. The Kier molecular flexibility index (Phi) is 5.79. The van der Waals surface area contributed by atoms with Crippen molar-refractivity contribution >= 4 is 35.0 Å². The van der Waals surface area contributed by atoms with Gasteiger partial charge in [-0.3, -0.25) is 4.79 Å². The van der Waals surface area contributed by atoms with Crippen LogP contribution < -0.4 is 5.32 Å². The van der Waals surface area contributed by atoms with Crippen LogP contribution in [-0.4, -0.2) is 31.9 Å². The largest absolute Gasteiger partial charge is 0.325 e. The van der Waals surface area contributed by atoms with Crippen molar-refractivity contribution in [2.75, 3.05) is 11.1 Å². The Morgan fingerprint density at radius 1 is 1.45 bits per heavy atom. The quantitative estimate of drug-likeness (QED) is 0.819. The first kappa shape index (κ1) is 16.8. The van der Waals surface area contributed by atoms with Gasteiger partial charge in [-0.1, -0.05) is 37.2 Å². The summed E-state index contributed by atoms with van der Waals surface area (Å²) in [6.07, 6.45) is 0. The maximum atomic E-state index is 12.0. The fourth-order valence-corrected chi connectivity index (χ4v) is 2.76. The molecule has 0 saturated carbocycles. The summed E-state index contributed by atoms with van der Waals surface area (Å²) in [5, 5.41) is 15.7. The Morgan fingerprint density at radius 2 is 2.23 bits per heavy atom. The molecule has 1 amide bonds. The molecule has 2 rings (SSSR count). The first-order chi connectivity index (χ1) is 10.5. The predicted molar refractivity (Wildman–Crippen MR) is 88.2 cm³/mol. The maximum absolute atomic E-state index is 12.0. The molecule has 6 nitrogen and oxygen atoms in total. The summed E-state index contributed by atoms with van der Waals surface area (Å²) in [5.74, 6) is 0.587. The molecule has 22 heavy (non-hydrogen) atoms. The lowest BCUT2D eigenvalue weighted by molar-refractivity contribution is -0.113. The number of rotatable bonds is 6. The highest BCUT2D eigenvalue weighted by molar-refractivity contribution is 7.99. The average molecular weight is 340 g/mol. The molecule has 0 spiro atoms. The van der Waals surface area contributed by atoms with Crippen LogP contribution in [0.25, 0.3) is 0 Å². The lowest BCUT2D eigenvalue weighted by atomic mass is 10.2. The Balaban J connectivity index is 1.92. The Bertz CT molecular complexity index is 658. The Morgan fingerprint density at radius 3 is 2.91 bits per heavy atom. The van der Waals surface area contributed by atoms with Crippen molar-refractivity contribution in [2.24, 2.45) is 5.92 Å². The molecule has 1 aromatic carbocycles. The smallest absolute Gasteiger partial charge is 0.234 e. The number of tetrazole rings is 1. The zero-order valence-corrected chi connectivity index (χ0v) is 14.3. The SMILES string of the molecule is Cc1cc(Cl)ccc1NC(=O)CSc1nnnn1CC(C)C. The van der Waals surface area contributed by atoms with Gasteiger partial charge < -0.3 is 5.32 Å². The molecule has 0 fully saturated rings. The van der Waals surface area contributed by atoms with Crippen LogP contribution in [0.3, 0.4) is 0 Å². The zero-order valence-electron chi connectivity index (χ0n) is 12.7. The highest BCUT2D eigenvalue weighted by Crippen LogP contribution is 2.20. The van der Waals surface area contributed by atoms with Crippen molar-refractivity contribution < 1.29 is 4.79 Å². The average Bonchev–Trinajstić information content (AvgIpc) is 2.86. The molecule has 1 N–H and O–H groups in total. The van der Waals surface area contributed by atoms with Crippen molar-refractivity contribution in [3.63, 3.8) is 0 Å². The fraction of sp³-hybridized carbons (Fsp3) is 0.429. The number of anilines is 1. The van der Waals surface area contributed by atoms with Crippen LogP contribution in [0.2, 0.25) is 5.02 Å². The molecule has 0 aliphatic carbocycles. The minimum Gasteiger partial charge on any atom is -0.325 e. The molecular formula is C14H18ClN5OS. The highest BCUT2D eigenvalue weighted by atomic mass is 35.5. The van der Waals surface area contributed by atoms with Gasteiger partial charge in [0.05, 0.1) is 5.75 Å². The summed E-state index contributed by atoms with van der Waals surface area (Å²) >= 11 is 7.22. The number of nitrogens with zero attached hydrogens (tertiary/aromatic N) is 4. The van der Waals surface area contributed by atoms with E-state index >= 15 is 0 Å². The summed E-state index contributed by atoms with van der Waals surface area (Å²) < 4.78 is 1.72. The van der Waals surface area contributed by atoms with Crippen LogP contribution >= 0.6 is 23.4 Å². The number of amides is 1. The van der Waals surface area contributed by atoms with E-state index in [9.17, 15) is 4.79 Å². The molecule has 0 aliphatic heterocycles. The van der Waals surface area contributed by atoms with Crippen LogP contribution in [0.4, 0.5) is 5.69 Å². The summed E-state index contributed by atoms with van der Waals surface area (Å²) in [7, 11) is 0. The number of aryl methyl sites for hydroxylation is 1. The standard InChI is InChI=1S/C14H18ClN5OS/c1-9(2)7-20-14(17-18-19-20)22-8-13(21)16-12-5-4-11(15)6-10(12)3/h4-6,9H,7-8H2,1-3H3,(H,16,21). The minimum absolute atomic E-state index is 0.102. The van der Waals surface area contributed by atoms with Crippen LogP contribution in [0.5, 0.6) is 0 Å². The molecule has 8 heteroatoms. The van der Waals surface area contributed by atoms with Crippen molar-refractivity contribution in [3.8, 4) is 0 Å². The van der Waals surface area contributed by atoms with Gasteiger partial charge in [-0.05, 0) is 47.0 Å². The number of thioether (sulfide) groups is 1. The van der Waals surface area contributed by atoms with Gasteiger partial charge in [-0.25, -0.2) is 4.68 Å². The van der Waals surface area contributed by atoms with E-state index in [-0.39, 0.29) is 11.7 Å². The number of benzene rings is 1. The first-order valence-corrected chi connectivity index (χ1v) is 8.27. The van der Waals surface area contributed by atoms with Gasteiger partial charge in [0.1, 0.15) is 0 Å². The normalized spacial score (nSPS) is 11.0. The Hall–Kier alpha value is -1.60. The van der Waals surface area contributed by atoms with Gasteiger partial charge in [-0.15, -0.1) is 5.10 Å². The number of nitrogens with one attached hydrogen (secondary N) is 1. The molecule has 0 bridgehead atoms. The van der Waals surface area contributed by atoms with E-state index in [1.54, 1.807) is 16.8 Å². The third-order valence-corrected chi connectivity index (χ3v) is 4.02. The summed E-state index contributed by atoms with van der Waals surface area (Å²) in [6, 6.07) is 5.36. The number of hydrogen-bond donors (Lipinski definition) is 1. The minimum atomic E-state index is -0.102. The maximum Gasteiger partial charge on any atom is 0.234 e. The monoisotopic (exact) mass is 339 g/mol. The fourth-order valence-electron chi connectivity index (χ4n) is 1.84. The number of carbonyl (C=O) groups is 1. The molecule has 0 saturated heterocycles. The molecule has 1 heterocycles. The van der Waals surface area contributed by atoms with Crippen molar-refractivity contribution in [3.05, 3.63) is 28.8 Å². The Labute approximate surface area is 138 Å². The highest BCUT2D eigenvalue weighted by Gasteiger charge is 2.11. The number of aromatic nitrogens is 4. The van der Waals surface area contributed by atoms with Gasteiger partial charge in [-0.2, -0.15) is 0 Å². The molecule has 0 unspecified atom stereocenters. The molecule has 0 atom stereocenters. The predicted octanol–water partition coefficient (Wildman–Crippen LogP) is 3.02. The number of hydrogen-bond acceptors (Lipinski definition) is 5. The topological polar surface area (TPSA) is 72.7 Å². The summed E-state index contributed by atoms with van der Waals surface area (Å²) in [6.45, 7) is 6.81. The van der Waals surface area contributed by atoms with E-state index < -0.39 is 0 Å². The van der Waals surface area contributed by atoms with Gasteiger partial charge in [0.2, 0.25) is 11.1 Å².